The van der Waals surface area contributed by atoms with Gasteiger partial charge in [-0.05, 0) is 73.4 Å². The average molecular weight is 579 g/mol. The highest BCUT2D eigenvalue weighted by Gasteiger charge is 2.43. The van der Waals surface area contributed by atoms with E-state index in [1.165, 1.54) is 17.1 Å². The molecule has 3 aromatic rings. The minimum atomic E-state index is -0.785. The molecule has 2 aliphatic heterocycles. The van der Waals surface area contributed by atoms with Crippen LogP contribution in [0.3, 0.4) is 0 Å². The lowest BCUT2D eigenvalue weighted by Crippen LogP contribution is -2.34. The SMILES string of the molecule is O=C(OCC(=O)N1N=C2C(=Cc3ccccc3)CCCC2C1c1ccccc1)c1ccc(N2CCCCC2)c([N+](=O)[O-])c1. The van der Waals surface area contributed by atoms with E-state index < -0.39 is 23.4 Å². The van der Waals surface area contributed by atoms with E-state index in [0.717, 1.165) is 74.0 Å². The maximum atomic E-state index is 13.6. The molecule has 3 aliphatic rings. The molecule has 0 radical (unpaired) electrons. The summed E-state index contributed by atoms with van der Waals surface area (Å²) in [5.41, 5.74) is 4.45. The fourth-order valence-electron chi connectivity index (χ4n) is 6.42. The van der Waals surface area contributed by atoms with Crippen LogP contribution in [0.4, 0.5) is 11.4 Å². The topological polar surface area (TPSA) is 105 Å². The van der Waals surface area contributed by atoms with Gasteiger partial charge in [0, 0.05) is 25.1 Å². The predicted molar refractivity (Wildman–Crippen MR) is 165 cm³/mol. The van der Waals surface area contributed by atoms with Gasteiger partial charge in [-0.25, -0.2) is 9.80 Å². The Morgan fingerprint density at radius 1 is 0.953 bits per heavy atom. The van der Waals surface area contributed by atoms with Crippen molar-refractivity contribution < 1.29 is 19.2 Å². The Balaban J connectivity index is 1.22. The molecule has 2 heterocycles. The number of amides is 1. The van der Waals surface area contributed by atoms with Gasteiger partial charge in [0.15, 0.2) is 6.61 Å². The van der Waals surface area contributed by atoms with Crippen molar-refractivity contribution in [3.63, 3.8) is 0 Å². The van der Waals surface area contributed by atoms with Gasteiger partial charge in [0.1, 0.15) is 5.69 Å². The molecule has 9 nitrogen and oxygen atoms in total. The third-order valence-corrected chi connectivity index (χ3v) is 8.47. The Labute approximate surface area is 250 Å². The standard InChI is InChI=1S/C34H34N4O5/c39-31(23-43-34(40)27-17-18-29(30(22-27)38(41)42)36-19-8-3-9-20-36)37-33(25-13-6-2-7-14-25)28-16-10-15-26(32(28)35-37)21-24-11-4-1-5-12-24/h1-2,4-7,11-14,17-18,21-22,28,33H,3,8-10,15-16,19-20,23H2. The first-order valence-corrected chi connectivity index (χ1v) is 14.9. The lowest BCUT2D eigenvalue weighted by atomic mass is 9.77. The fraction of sp³-hybridized carbons (Fsp3) is 0.324. The number of hydrazone groups is 1. The zero-order valence-electron chi connectivity index (χ0n) is 23.9. The number of benzene rings is 3. The molecule has 1 aliphatic carbocycles. The number of rotatable bonds is 7. The second kappa shape index (κ2) is 12.6. The van der Waals surface area contributed by atoms with Gasteiger partial charge in [0.25, 0.3) is 11.6 Å². The van der Waals surface area contributed by atoms with Gasteiger partial charge in [0.2, 0.25) is 0 Å². The first-order valence-electron chi connectivity index (χ1n) is 14.9. The fourth-order valence-corrected chi connectivity index (χ4v) is 6.42. The summed E-state index contributed by atoms with van der Waals surface area (Å²) in [4.78, 5) is 40.0. The number of nitro groups is 1. The molecule has 2 atom stereocenters. The Kier molecular flexibility index (Phi) is 8.31. The number of allylic oxidation sites excluding steroid dienone is 1. The molecule has 0 aromatic heterocycles. The molecule has 2 fully saturated rings. The van der Waals surface area contributed by atoms with E-state index >= 15 is 0 Å². The van der Waals surface area contributed by atoms with Crippen molar-refractivity contribution >= 4 is 35.0 Å². The minimum absolute atomic E-state index is 0.0238. The van der Waals surface area contributed by atoms with E-state index in [4.69, 9.17) is 9.84 Å². The maximum Gasteiger partial charge on any atom is 0.338 e. The van der Waals surface area contributed by atoms with Crippen LogP contribution in [0, 0.1) is 16.0 Å². The van der Waals surface area contributed by atoms with Crippen molar-refractivity contribution in [2.24, 2.45) is 11.0 Å². The van der Waals surface area contributed by atoms with Crippen LogP contribution in [0.1, 0.15) is 66.1 Å². The van der Waals surface area contributed by atoms with E-state index in [-0.39, 0.29) is 23.2 Å². The summed E-state index contributed by atoms with van der Waals surface area (Å²) in [5, 5.41) is 18.2. The number of anilines is 1. The van der Waals surface area contributed by atoms with Crippen molar-refractivity contribution in [1.82, 2.24) is 5.01 Å². The lowest BCUT2D eigenvalue weighted by Gasteiger charge is -2.29. The zero-order valence-corrected chi connectivity index (χ0v) is 23.9. The van der Waals surface area contributed by atoms with E-state index in [1.807, 2.05) is 65.6 Å². The Morgan fingerprint density at radius 2 is 1.67 bits per heavy atom. The first kappa shape index (κ1) is 28.3. The molecule has 3 aromatic carbocycles. The van der Waals surface area contributed by atoms with Gasteiger partial charge in [-0.2, -0.15) is 5.10 Å². The van der Waals surface area contributed by atoms with Crippen molar-refractivity contribution in [2.75, 3.05) is 24.6 Å². The van der Waals surface area contributed by atoms with Gasteiger partial charge < -0.3 is 9.64 Å². The number of nitro benzene ring substituents is 1. The highest BCUT2D eigenvalue weighted by atomic mass is 16.6. The van der Waals surface area contributed by atoms with E-state index in [2.05, 4.69) is 6.08 Å². The highest BCUT2D eigenvalue weighted by Crippen LogP contribution is 2.44. The molecule has 0 spiro atoms. The van der Waals surface area contributed by atoms with Crippen LogP contribution in [-0.2, 0) is 9.53 Å². The normalized spacial score (nSPS) is 20.8. The Bertz CT molecular complexity index is 1560. The zero-order chi connectivity index (χ0) is 29.8. The molecule has 1 saturated carbocycles. The van der Waals surface area contributed by atoms with Gasteiger partial charge >= 0.3 is 5.97 Å². The number of hydrogen-bond donors (Lipinski definition) is 0. The summed E-state index contributed by atoms with van der Waals surface area (Å²) in [6.45, 7) is 0.956. The van der Waals surface area contributed by atoms with Crippen LogP contribution < -0.4 is 4.90 Å². The monoisotopic (exact) mass is 578 g/mol. The van der Waals surface area contributed by atoms with Crippen molar-refractivity contribution in [3.8, 4) is 0 Å². The van der Waals surface area contributed by atoms with Gasteiger partial charge in [-0.1, -0.05) is 60.7 Å². The minimum Gasteiger partial charge on any atom is -0.452 e. The molecule has 220 valence electrons. The molecule has 9 heteroatoms. The summed E-state index contributed by atoms with van der Waals surface area (Å²) in [6.07, 6.45) is 7.92. The number of carbonyl (C=O) groups excluding carboxylic acids is 2. The maximum absolute atomic E-state index is 13.6. The second-order valence-corrected chi connectivity index (χ2v) is 11.2. The third-order valence-electron chi connectivity index (χ3n) is 8.47. The van der Waals surface area contributed by atoms with Crippen molar-refractivity contribution in [3.05, 3.63) is 111 Å². The lowest BCUT2D eigenvalue weighted by molar-refractivity contribution is -0.384. The number of carbonyl (C=O) groups is 2. The van der Waals surface area contributed by atoms with Gasteiger partial charge in [0.05, 0.1) is 22.2 Å². The molecular formula is C34H34N4O5. The van der Waals surface area contributed by atoms with Crippen LogP contribution in [0.5, 0.6) is 0 Å². The smallest absolute Gasteiger partial charge is 0.338 e. The molecule has 2 unspecified atom stereocenters. The molecular weight excluding hydrogens is 544 g/mol. The van der Waals surface area contributed by atoms with Crippen molar-refractivity contribution in [2.45, 2.75) is 44.6 Å². The summed E-state index contributed by atoms with van der Waals surface area (Å²) in [7, 11) is 0. The van der Waals surface area contributed by atoms with Crippen LogP contribution >= 0.6 is 0 Å². The van der Waals surface area contributed by atoms with E-state index in [0.29, 0.717) is 5.69 Å². The van der Waals surface area contributed by atoms with Crippen LogP contribution in [0.25, 0.3) is 6.08 Å². The molecule has 1 saturated heterocycles. The second-order valence-electron chi connectivity index (χ2n) is 11.2. The molecule has 0 bridgehead atoms. The van der Waals surface area contributed by atoms with Crippen LogP contribution in [0.15, 0.2) is 89.5 Å². The van der Waals surface area contributed by atoms with E-state index in [1.54, 1.807) is 6.07 Å². The largest absolute Gasteiger partial charge is 0.452 e. The summed E-state index contributed by atoms with van der Waals surface area (Å²) < 4.78 is 5.43. The number of piperidine rings is 1. The number of esters is 1. The highest BCUT2D eigenvalue weighted by molar-refractivity contribution is 6.08. The quantitative estimate of drug-likeness (QED) is 0.179. The Hall–Kier alpha value is -4.79. The third kappa shape index (κ3) is 6.07. The first-order chi connectivity index (χ1) is 21.0. The van der Waals surface area contributed by atoms with Crippen molar-refractivity contribution in [1.29, 1.82) is 0 Å². The Morgan fingerprint density at radius 3 is 2.40 bits per heavy atom. The number of ether oxygens (including phenoxy) is 1. The summed E-state index contributed by atoms with van der Waals surface area (Å²) >= 11 is 0. The van der Waals surface area contributed by atoms with Crippen LogP contribution in [-0.4, -0.2) is 47.2 Å². The number of fused-ring (bicyclic) bond motifs is 1. The molecule has 43 heavy (non-hydrogen) atoms. The summed E-state index contributed by atoms with van der Waals surface area (Å²) in [5.74, 6) is -1.20. The number of nitrogens with zero attached hydrogens (tertiary/aromatic N) is 4. The van der Waals surface area contributed by atoms with Gasteiger partial charge in [-0.3, -0.25) is 14.9 Å². The molecule has 6 rings (SSSR count). The number of hydrogen-bond acceptors (Lipinski definition) is 7. The average Bonchev–Trinajstić information content (AvgIpc) is 3.45. The molecule has 0 N–H and O–H groups in total. The van der Waals surface area contributed by atoms with E-state index in [9.17, 15) is 19.7 Å². The predicted octanol–water partition coefficient (Wildman–Crippen LogP) is 6.57. The van der Waals surface area contributed by atoms with Crippen LogP contribution in [0.2, 0.25) is 0 Å². The van der Waals surface area contributed by atoms with Gasteiger partial charge in [-0.15, -0.1) is 0 Å². The summed E-state index contributed by atoms with van der Waals surface area (Å²) in [6, 6.07) is 23.9. The molecule has 1 amide bonds.